The summed E-state index contributed by atoms with van der Waals surface area (Å²) < 4.78 is 0. The second-order valence-electron chi connectivity index (χ2n) is 6.41. The summed E-state index contributed by atoms with van der Waals surface area (Å²) in [4.78, 5) is 14.3. The quantitative estimate of drug-likeness (QED) is 0.827. The van der Waals surface area contributed by atoms with Crippen molar-refractivity contribution in [2.75, 3.05) is 27.2 Å². The first-order valence-electron chi connectivity index (χ1n) is 6.86. The van der Waals surface area contributed by atoms with E-state index < -0.39 is 11.0 Å². The van der Waals surface area contributed by atoms with Crippen molar-refractivity contribution in [2.24, 2.45) is 0 Å². The summed E-state index contributed by atoms with van der Waals surface area (Å²) in [5, 5.41) is 13.1. The first-order valence-corrected chi connectivity index (χ1v) is 6.86. The molecule has 0 aromatic heterocycles. The summed E-state index contributed by atoms with van der Waals surface area (Å²) in [6.45, 7) is 6.23. The lowest BCUT2D eigenvalue weighted by molar-refractivity contribution is -0.126. The van der Waals surface area contributed by atoms with Gasteiger partial charge in [0.2, 0.25) is 5.91 Å². The summed E-state index contributed by atoms with van der Waals surface area (Å²) in [5.41, 5.74) is -0.591. The minimum absolute atomic E-state index is 0.0808. The maximum atomic E-state index is 12.4. The third-order valence-electron chi connectivity index (χ3n) is 3.35. The highest BCUT2D eigenvalue weighted by Crippen LogP contribution is 2.23. The summed E-state index contributed by atoms with van der Waals surface area (Å²) in [7, 11) is 3.79. The summed E-state index contributed by atoms with van der Waals surface area (Å²) in [6.07, 6.45) is 0. The predicted octanol–water partition coefficient (Wildman–Crippen LogP) is 1.39. The third kappa shape index (κ3) is 4.62. The molecule has 0 heterocycles. The molecule has 0 aliphatic rings. The van der Waals surface area contributed by atoms with Crippen molar-refractivity contribution in [3.8, 4) is 0 Å². The zero-order valence-corrected chi connectivity index (χ0v) is 13.1. The SMILES string of the molecule is CN(C)CC(C)(O)CNC(=O)C(C)(C)c1ccccc1. The van der Waals surface area contributed by atoms with Gasteiger partial charge < -0.3 is 15.3 Å². The van der Waals surface area contributed by atoms with E-state index in [-0.39, 0.29) is 12.5 Å². The van der Waals surface area contributed by atoms with Crippen molar-refractivity contribution in [3.63, 3.8) is 0 Å². The van der Waals surface area contributed by atoms with Crippen LogP contribution in [-0.2, 0) is 10.2 Å². The molecule has 4 nitrogen and oxygen atoms in total. The minimum Gasteiger partial charge on any atom is -0.387 e. The van der Waals surface area contributed by atoms with Crippen LogP contribution < -0.4 is 5.32 Å². The fraction of sp³-hybridized carbons (Fsp3) is 0.562. The fourth-order valence-corrected chi connectivity index (χ4v) is 2.21. The highest BCUT2D eigenvalue weighted by Gasteiger charge is 2.31. The van der Waals surface area contributed by atoms with E-state index in [9.17, 15) is 9.90 Å². The number of hydrogen-bond acceptors (Lipinski definition) is 3. The Kier molecular flexibility index (Phi) is 5.31. The maximum absolute atomic E-state index is 12.4. The van der Waals surface area contributed by atoms with E-state index in [0.717, 1.165) is 5.56 Å². The van der Waals surface area contributed by atoms with Gasteiger partial charge in [0.25, 0.3) is 0 Å². The van der Waals surface area contributed by atoms with Gasteiger partial charge in [0.05, 0.1) is 11.0 Å². The highest BCUT2D eigenvalue weighted by atomic mass is 16.3. The molecule has 2 N–H and O–H groups in total. The van der Waals surface area contributed by atoms with Crippen LogP contribution >= 0.6 is 0 Å². The molecule has 20 heavy (non-hydrogen) atoms. The fourth-order valence-electron chi connectivity index (χ4n) is 2.21. The van der Waals surface area contributed by atoms with Gasteiger partial charge in [-0.3, -0.25) is 4.79 Å². The van der Waals surface area contributed by atoms with Gasteiger partial charge in [0.1, 0.15) is 0 Å². The van der Waals surface area contributed by atoms with E-state index in [1.165, 1.54) is 0 Å². The zero-order chi connectivity index (χ0) is 15.4. The number of nitrogens with zero attached hydrogens (tertiary/aromatic N) is 1. The lowest BCUT2D eigenvalue weighted by Gasteiger charge is -2.30. The Morgan fingerprint density at radius 2 is 1.75 bits per heavy atom. The maximum Gasteiger partial charge on any atom is 0.230 e. The van der Waals surface area contributed by atoms with Gasteiger partial charge in [-0.05, 0) is 40.4 Å². The van der Waals surface area contributed by atoms with Crippen LogP contribution in [0.2, 0.25) is 0 Å². The van der Waals surface area contributed by atoms with Gasteiger partial charge in [-0.1, -0.05) is 30.3 Å². The summed E-state index contributed by atoms with van der Waals surface area (Å²) in [6, 6.07) is 9.66. The van der Waals surface area contributed by atoms with Gasteiger partial charge >= 0.3 is 0 Å². The molecular weight excluding hydrogens is 252 g/mol. The molecule has 1 amide bonds. The van der Waals surface area contributed by atoms with Crippen molar-refractivity contribution >= 4 is 5.91 Å². The van der Waals surface area contributed by atoms with Crippen LogP contribution in [0.3, 0.4) is 0 Å². The average molecular weight is 278 g/mol. The molecule has 4 heteroatoms. The highest BCUT2D eigenvalue weighted by molar-refractivity contribution is 5.87. The molecule has 0 aliphatic heterocycles. The van der Waals surface area contributed by atoms with Crippen molar-refractivity contribution in [3.05, 3.63) is 35.9 Å². The Hall–Kier alpha value is -1.39. The smallest absolute Gasteiger partial charge is 0.230 e. The van der Waals surface area contributed by atoms with Crippen LogP contribution in [0.15, 0.2) is 30.3 Å². The molecule has 0 bridgehead atoms. The summed E-state index contributed by atoms with van der Waals surface area (Å²) >= 11 is 0. The van der Waals surface area contributed by atoms with Crippen LogP contribution in [0.5, 0.6) is 0 Å². The molecular formula is C16H26N2O2. The van der Waals surface area contributed by atoms with Crippen molar-refractivity contribution in [1.82, 2.24) is 10.2 Å². The van der Waals surface area contributed by atoms with Crippen LogP contribution in [0.4, 0.5) is 0 Å². The van der Waals surface area contributed by atoms with Crippen molar-refractivity contribution in [1.29, 1.82) is 0 Å². The lowest BCUT2D eigenvalue weighted by Crippen LogP contribution is -2.50. The molecule has 0 aliphatic carbocycles. The van der Waals surface area contributed by atoms with Gasteiger partial charge in [0.15, 0.2) is 0 Å². The molecule has 0 radical (unpaired) electrons. The molecule has 1 unspecified atom stereocenters. The van der Waals surface area contributed by atoms with Crippen molar-refractivity contribution in [2.45, 2.75) is 31.8 Å². The topological polar surface area (TPSA) is 52.6 Å². The van der Waals surface area contributed by atoms with E-state index in [1.807, 2.05) is 63.2 Å². The Morgan fingerprint density at radius 1 is 1.20 bits per heavy atom. The number of hydrogen-bond donors (Lipinski definition) is 2. The molecule has 0 fully saturated rings. The number of carbonyl (C=O) groups excluding carboxylic acids is 1. The van der Waals surface area contributed by atoms with E-state index in [0.29, 0.717) is 6.54 Å². The van der Waals surface area contributed by atoms with Crippen molar-refractivity contribution < 1.29 is 9.90 Å². The second-order valence-corrected chi connectivity index (χ2v) is 6.41. The average Bonchev–Trinajstić information content (AvgIpc) is 2.35. The van der Waals surface area contributed by atoms with Crippen LogP contribution in [0, 0.1) is 0 Å². The number of benzene rings is 1. The van der Waals surface area contributed by atoms with Gasteiger partial charge in [-0.2, -0.15) is 0 Å². The largest absolute Gasteiger partial charge is 0.387 e. The minimum atomic E-state index is -0.939. The van der Waals surface area contributed by atoms with Crippen LogP contribution in [0.1, 0.15) is 26.3 Å². The van der Waals surface area contributed by atoms with E-state index in [4.69, 9.17) is 0 Å². The number of aliphatic hydroxyl groups is 1. The number of nitrogens with one attached hydrogen (secondary N) is 1. The first-order chi connectivity index (χ1) is 9.15. The van der Waals surface area contributed by atoms with E-state index in [2.05, 4.69) is 5.32 Å². The number of amides is 1. The second kappa shape index (κ2) is 6.37. The molecule has 0 spiro atoms. The molecule has 112 valence electrons. The predicted molar refractivity (Wildman–Crippen MR) is 81.7 cm³/mol. The normalized spacial score (nSPS) is 14.9. The van der Waals surface area contributed by atoms with E-state index in [1.54, 1.807) is 6.92 Å². The van der Waals surface area contributed by atoms with Crippen LogP contribution in [-0.4, -0.2) is 48.7 Å². The number of likely N-dealkylation sites (N-methyl/N-ethyl adjacent to an activating group) is 1. The Bertz CT molecular complexity index is 439. The molecule has 1 atom stereocenters. The summed E-state index contributed by atoms with van der Waals surface area (Å²) in [5.74, 6) is -0.0808. The number of carbonyl (C=O) groups is 1. The molecule has 0 saturated heterocycles. The van der Waals surface area contributed by atoms with Gasteiger partial charge in [-0.25, -0.2) is 0 Å². The zero-order valence-electron chi connectivity index (χ0n) is 13.1. The molecule has 1 rings (SSSR count). The van der Waals surface area contributed by atoms with Crippen LogP contribution in [0.25, 0.3) is 0 Å². The Morgan fingerprint density at radius 3 is 2.25 bits per heavy atom. The third-order valence-corrected chi connectivity index (χ3v) is 3.35. The Balaban J connectivity index is 2.67. The number of rotatable bonds is 6. The monoisotopic (exact) mass is 278 g/mol. The van der Waals surface area contributed by atoms with E-state index >= 15 is 0 Å². The molecule has 0 saturated carbocycles. The lowest BCUT2D eigenvalue weighted by atomic mass is 9.83. The molecule has 1 aromatic carbocycles. The standard InChI is InChI=1S/C16H26N2O2/c1-15(2,13-9-7-6-8-10-13)14(19)17-11-16(3,20)12-18(4)5/h6-10,20H,11-12H2,1-5H3,(H,17,19). The molecule has 1 aromatic rings. The van der Waals surface area contributed by atoms with Gasteiger partial charge in [0, 0.05) is 13.1 Å². The Labute approximate surface area is 121 Å². The first kappa shape index (κ1) is 16.7. The van der Waals surface area contributed by atoms with Gasteiger partial charge in [-0.15, -0.1) is 0 Å².